The van der Waals surface area contributed by atoms with Gasteiger partial charge in [0.25, 0.3) is 0 Å². The van der Waals surface area contributed by atoms with Gasteiger partial charge in [0.05, 0.1) is 0 Å². The summed E-state index contributed by atoms with van der Waals surface area (Å²) in [5.74, 6) is -0.903. The zero-order valence-corrected chi connectivity index (χ0v) is 26.7. The minimum Gasteiger partial charge on any atom is -0.444 e. The van der Waals surface area contributed by atoms with Gasteiger partial charge in [-0.3, -0.25) is 9.59 Å². The molecule has 0 heterocycles. The molecule has 2 aromatic carbocycles. The average Bonchev–Trinajstić information content (AvgIpc) is 2.84. The third-order valence-corrected chi connectivity index (χ3v) is 9.80. The number of nitrogens with two attached hydrogens (primary N) is 1. The van der Waals surface area contributed by atoms with Gasteiger partial charge in [0, 0.05) is 34.3 Å². The summed E-state index contributed by atoms with van der Waals surface area (Å²) in [6.07, 6.45) is 4.84. The van der Waals surface area contributed by atoms with Crippen molar-refractivity contribution in [2.24, 2.45) is 28.4 Å². The van der Waals surface area contributed by atoms with Crippen LogP contribution >= 0.6 is 12.4 Å². The second kappa shape index (κ2) is 11.6. The third-order valence-electron chi connectivity index (χ3n) is 9.80. The van der Waals surface area contributed by atoms with Crippen LogP contribution in [0, 0.1) is 34.3 Å². The van der Waals surface area contributed by atoms with Gasteiger partial charge in [-0.25, -0.2) is 13.6 Å². The van der Waals surface area contributed by atoms with E-state index in [2.05, 4.69) is 16.0 Å². The highest BCUT2D eigenvalue weighted by Gasteiger charge is 2.71. The van der Waals surface area contributed by atoms with Gasteiger partial charge in [0.15, 0.2) is 0 Å². The summed E-state index contributed by atoms with van der Waals surface area (Å²) in [5, 5.41) is 8.62. The second-order valence-corrected chi connectivity index (χ2v) is 14.5. The Morgan fingerprint density at radius 2 is 1.11 bits per heavy atom. The Morgan fingerprint density at radius 1 is 0.750 bits per heavy atom. The van der Waals surface area contributed by atoms with Crippen LogP contribution < -0.4 is 21.7 Å². The smallest absolute Gasteiger partial charge is 0.408 e. The van der Waals surface area contributed by atoms with Crippen LogP contribution in [0.1, 0.15) is 73.1 Å². The molecule has 6 aliphatic rings. The van der Waals surface area contributed by atoms with Gasteiger partial charge in [0.2, 0.25) is 11.8 Å². The van der Waals surface area contributed by atoms with Crippen molar-refractivity contribution in [3.05, 3.63) is 60.2 Å². The quantitative estimate of drug-likeness (QED) is 0.276. The first kappa shape index (κ1) is 33.6. The zero-order valence-electron chi connectivity index (χ0n) is 25.9. The first-order valence-corrected chi connectivity index (χ1v) is 14.9. The monoisotopic (exact) mass is 632 g/mol. The number of nitrogens with one attached hydrogen (secondary N) is 3. The lowest BCUT2D eigenvalue weighted by Crippen LogP contribution is -2.77. The number of hydrogen-bond acceptors (Lipinski definition) is 5. The summed E-state index contributed by atoms with van der Waals surface area (Å²) < 4.78 is 31.0. The van der Waals surface area contributed by atoms with E-state index in [1.165, 1.54) is 24.3 Å². The molecule has 2 atom stereocenters. The standard InChI is InChI=1S/C19H25FN2O3.C14H17FN2O.ClH/c1-12(15(23)21-14-7-5-13(20)6-8-14)18-9-19(10-18,11-18)22-16(24)25-17(2,3)4;1-9(13-6-14(16,7-13)8-13)12(18)17-11-4-2-10(15)3-5-11;/h5-8,12H,9-11H2,1-4H3,(H,21,23)(H,22,24);2-5,9H,6-8,16H2,1H3,(H,17,18);1H. The number of rotatable bonds is 7. The number of benzene rings is 2. The Morgan fingerprint density at radius 3 is 1.45 bits per heavy atom. The predicted octanol–water partition coefficient (Wildman–Crippen LogP) is 6.55. The highest BCUT2D eigenvalue weighted by Crippen LogP contribution is 2.71. The molecule has 3 amide bonds. The van der Waals surface area contributed by atoms with Crippen LogP contribution in [0.3, 0.4) is 0 Å². The van der Waals surface area contributed by atoms with Crippen molar-refractivity contribution in [3.63, 3.8) is 0 Å². The highest BCUT2D eigenvalue weighted by atomic mass is 35.5. The van der Waals surface area contributed by atoms with Crippen LogP contribution in [0.5, 0.6) is 0 Å². The molecule has 2 aromatic rings. The number of amides is 3. The first-order valence-electron chi connectivity index (χ1n) is 14.9. The molecule has 2 unspecified atom stereocenters. The number of carbonyl (C=O) groups is 3. The van der Waals surface area contributed by atoms with Crippen LogP contribution in [0.25, 0.3) is 0 Å². The van der Waals surface area contributed by atoms with Crippen LogP contribution in [0.15, 0.2) is 48.5 Å². The molecule has 6 fully saturated rings. The van der Waals surface area contributed by atoms with Crippen molar-refractivity contribution in [1.82, 2.24) is 5.32 Å². The molecule has 0 saturated heterocycles. The van der Waals surface area contributed by atoms with Crippen molar-refractivity contribution >= 4 is 41.7 Å². The Balaban J connectivity index is 0.000000206. The van der Waals surface area contributed by atoms with E-state index in [4.69, 9.17) is 10.5 Å². The lowest BCUT2D eigenvalue weighted by atomic mass is 9.36. The fraction of sp³-hybridized carbons (Fsp3) is 0.545. The summed E-state index contributed by atoms with van der Waals surface area (Å²) in [5.41, 5.74) is 6.59. The molecular weight excluding hydrogens is 590 g/mol. The molecule has 8 nitrogen and oxygen atoms in total. The largest absolute Gasteiger partial charge is 0.444 e. The van der Waals surface area contributed by atoms with Crippen molar-refractivity contribution in [2.45, 2.75) is 89.8 Å². The van der Waals surface area contributed by atoms with E-state index >= 15 is 0 Å². The fourth-order valence-electron chi connectivity index (χ4n) is 7.51. The maximum Gasteiger partial charge on any atom is 0.408 e. The van der Waals surface area contributed by atoms with Crippen LogP contribution in [0.4, 0.5) is 25.0 Å². The predicted molar refractivity (Wildman–Crippen MR) is 167 cm³/mol. The van der Waals surface area contributed by atoms with Gasteiger partial charge in [-0.15, -0.1) is 12.4 Å². The number of anilines is 2. The third kappa shape index (κ3) is 6.71. The molecule has 11 heteroatoms. The molecule has 5 N–H and O–H groups in total. The van der Waals surface area contributed by atoms with E-state index in [-0.39, 0.29) is 69.6 Å². The van der Waals surface area contributed by atoms with Crippen LogP contribution in [-0.4, -0.2) is 34.6 Å². The summed E-state index contributed by atoms with van der Waals surface area (Å²) in [6.45, 7) is 9.36. The molecule has 240 valence electrons. The van der Waals surface area contributed by atoms with E-state index in [0.29, 0.717) is 11.4 Å². The molecular formula is C33H43ClF2N4O4. The van der Waals surface area contributed by atoms with Crippen LogP contribution in [0.2, 0.25) is 0 Å². The number of carbonyl (C=O) groups excluding carboxylic acids is 3. The number of halogens is 3. The van der Waals surface area contributed by atoms with Crippen molar-refractivity contribution < 1.29 is 27.9 Å². The summed E-state index contributed by atoms with van der Waals surface area (Å²) in [6, 6.07) is 11.6. The molecule has 44 heavy (non-hydrogen) atoms. The zero-order chi connectivity index (χ0) is 31.4. The van der Waals surface area contributed by atoms with E-state index < -0.39 is 11.7 Å². The van der Waals surface area contributed by atoms with E-state index in [1.807, 2.05) is 34.6 Å². The van der Waals surface area contributed by atoms with Gasteiger partial charge < -0.3 is 26.4 Å². The van der Waals surface area contributed by atoms with Crippen molar-refractivity contribution in [2.75, 3.05) is 10.6 Å². The number of ether oxygens (including phenoxy) is 1. The molecule has 0 aliphatic heterocycles. The summed E-state index contributed by atoms with van der Waals surface area (Å²) in [7, 11) is 0. The number of alkyl carbamates (subject to hydrolysis) is 1. The topological polar surface area (TPSA) is 123 Å². The Hall–Kier alpha value is -3.24. The van der Waals surface area contributed by atoms with E-state index in [1.54, 1.807) is 24.3 Å². The fourth-order valence-corrected chi connectivity index (χ4v) is 7.51. The Kier molecular flexibility index (Phi) is 8.87. The lowest BCUT2D eigenvalue weighted by molar-refractivity contribution is -0.186. The van der Waals surface area contributed by atoms with E-state index in [9.17, 15) is 23.2 Å². The van der Waals surface area contributed by atoms with Gasteiger partial charge in [-0.1, -0.05) is 13.8 Å². The molecule has 4 bridgehead atoms. The van der Waals surface area contributed by atoms with Crippen LogP contribution in [-0.2, 0) is 14.3 Å². The first-order chi connectivity index (χ1) is 20.0. The van der Waals surface area contributed by atoms with Gasteiger partial charge in [-0.05, 0) is 119 Å². The normalized spacial score (nSPS) is 30.0. The molecule has 8 rings (SSSR count). The Labute approximate surface area is 263 Å². The molecule has 0 aromatic heterocycles. The summed E-state index contributed by atoms with van der Waals surface area (Å²) >= 11 is 0. The second-order valence-electron chi connectivity index (χ2n) is 14.5. The minimum atomic E-state index is -0.520. The van der Waals surface area contributed by atoms with Gasteiger partial charge in [0.1, 0.15) is 17.2 Å². The van der Waals surface area contributed by atoms with Crippen molar-refractivity contribution in [3.8, 4) is 0 Å². The number of hydrogen-bond donors (Lipinski definition) is 4. The Bertz CT molecular complexity index is 1370. The van der Waals surface area contributed by atoms with Crippen molar-refractivity contribution in [1.29, 1.82) is 0 Å². The molecule has 0 radical (unpaired) electrons. The maximum atomic E-state index is 12.9. The maximum absolute atomic E-state index is 12.9. The highest BCUT2D eigenvalue weighted by molar-refractivity contribution is 5.94. The van der Waals surface area contributed by atoms with Gasteiger partial charge in [-0.2, -0.15) is 0 Å². The molecule has 0 spiro atoms. The summed E-state index contributed by atoms with van der Waals surface area (Å²) in [4.78, 5) is 36.5. The van der Waals surface area contributed by atoms with E-state index in [0.717, 1.165) is 38.5 Å². The molecule has 6 aliphatic carbocycles. The lowest BCUT2D eigenvalue weighted by Gasteiger charge is -2.72. The minimum absolute atomic E-state index is 0. The SMILES string of the molecule is CC(C(=O)Nc1ccc(F)cc1)C12CC(N)(C1)C2.CC(C(=O)Nc1ccc(F)cc1)C12CC(NC(=O)OC(C)(C)C)(C1)C2.Cl. The molecule has 6 saturated carbocycles. The van der Waals surface area contributed by atoms with Gasteiger partial charge >= 0.3 is 6.09 Å². The average molecular weight is 633 g/mol.